The lowest BCUT2D eigenvalue weighted by Crippen LogP contribution is -2.48. The molecule has 4 heteroatoms. The van der Waals surface area contributed by atoms with E-state index in [0.29, 0.717) is 6.04 Å². The monoisotopic (exact) mass is 364 g/mol. The Hall–Kier alpha value is -2.33. The van der Waals surface area contributed by atoms with Gasteiger partial charge in [0.05, 0.1) is 0 Å². The van der Waals surface area contributed by atoms with Gasteiger partial charge in [-0.1, -0.05) is 60.7 Å². The first-order chi connectivity index (χ1) is 13.3. The third-order valence-corrected chi connectivity index (χ3v) is 5.18. The maximum Gasteiger partial charge on any atom is 0.191 e. The summed E-state index contributed by atoms with van der Waals surface area (Å²) in [6, 6.07) is 21.9. The van der Waals surface area contributed by atoms with Gasteiger partial charge in [-0.3, -0.25) is 9.89 Å². The van der Waals surface area contributed by atoms with Gasteiger partial charge < -0.3 is 10.6 Å². The minimum absolute atomic E-state index is 0.511. The Bertz CT molecular complexity index is 676. The van der Waals surface area contributed by atoms with Gasteiger partial charge >= 0.3 is 0 Å². The molecule has 1 fully saturated rings. The summed E-state index contributed by atoms with van der Waals surface area (Å²) >= 11 is 0. The van der Waals surface area contributed by atoms with E-state index in [1.165, 1.54) is 11.1 Å². The normalized spacial score (nSPS) is 16.3. The summed E-state index contributed by atoms with van der Waals surface area (Å²) in [5.74, 6) is 0.935. The standard InChI is InChI=1S/C23H32N4/c1-24-23(25-16-8-13-20-9-4-2-5-10-20)26-22-14-17-27(18-15-22)19-21-11-6-3-7-12-21/h2-7,9-12,22H,8,13-19H2,1H3,(H2,24,25,26). The van der Waals surface area contributed by atoms with Gasteiger partial charge in [-0.25, -0.2) is 0 Å². The summed E-state index contributed by atoms with van der Waals surface area (Å²) in [5, 5.41) is 7.06. The molecule has 0 aromatic heterocycles. The number of hydrogen-bond donors (Lipinski definition) is 2. The van der Waals surface area contributed by atoms with Crippen molar-refractivity contribution < 1.29 is 0 Å². The molecule has 3 rings (SSSR count). The van der Waals surface area contributed by atoms with Crippen LogP contribution < -0.4 is 10.6 Å². The molecular formula is C23H32N4. The van der Waals surface area contributed by atoms with Gasteiger partial charge in [0, 0.05) is 39.3 Å². The van der Waals surface area contributed by atoms with Crippen molar-refractivity contribution in [2.45, 2.75) is 38.3 Å². The highest BCUT2D eigenvalue weighted by Crippen LogP contribution is 2.13. The number of hydrogen-bond acceptors (Lipinski definition) is 2. The van der Waals surface area contributed by atoms with E-state index in [2.05, 4.69) is 81.2 Å². The number of piperidine rings is 1. The quantitative estimate of drug-likeness (QED) is 0.449. The van der Waals surface area contributed by atoms with E-state index >= 15 is 0 Å². The van der Waals surface area contributed by atoms with Crippen LogP contribution in [0.3, 0.4) is 0 Å². The van der Waals surface area contributed by atoms with E-state index in [-0.39, 0.29) is 0 Å². The summed E-state index contributed by atoms with van der Waals surface area (Å²) in [7, 11) is 1.86. The first kappa shape index (κ1) is 19.4. The molecule has 4 nitrogen and oxygen atoms in total. The Morgan fingerprint density at radius 1 is 0.963 bits per heavy atom. The highest BCUT2D eigenvalue weighted by molar-refractivity contribution is 5.79. The topological polar surface area (TPSA) is 39.7 Å². The van der Waals surface area contributed by atoms with E-state index in [1.807, 2.05) is 7.05 Å². The SMILES string of the molecule is CN=C(NCCCc1ccccc1)NC1CCN(Cc2ccccc2)CC1. The molecule has 0 radical (unpaired) electrons. The summed E-state index contributed by atoms with van der Waals surface area (Å²) in [5.41, 5.74) is 2.80. The molecule has 2 aromatic rings. The second-order valence-corrected chi connectivity index (χ2v) is 7.27. The second-order valence-electron chi connectivity index (χ2n) is 7.27. The van der Waals surface area contributed by atoms with Crippen LogP contribution in [-0.4, -0.2) is 43.6 Å². The lowest BCUT2D eigenvalue weighted by atomic mass is 10.0. The van der Waals surface area contributed by atoms with Crippen LogP contribution in [0, 0.1) is 0 Å². The van der Waals surface area contributed by atoms with E-state index in [0.717, 1.165) is 57.8 Å². The van der Waals surface area contributed by atoms with Crippen molar-refractivity contribution in [3.05, 3.63) is 71.8 Å². The molecule has 0 bridgehead atoms. The van der Waals surface area contributed by atoms with Crippen LogP contribution in [0.15, 0.2) is 65.7 Å². The number of aliphatic imine (C=N–C) groups is 1. The highest BCUT2D eigenvalue weighted by atomic mass is 15.2. The molecule has 0 aliphatic carbocycles. The van der Waals surface area contributed by atoms with Crippen molar-refractivity contribution in [3.63, 3.8) is 0 Å². The predicted molar refractivity (Wildman–Crippen MR) is 114 cm³/mol. The molecule has 2 N–H and O–H groups in total. The van der Waals surface area contributed by atoms with Crippen LogP contribution >= 0.6 is 0 Å². The predicted octanol–water partition coefficient (Wildman–Crippen LogP) is 3.45. The van der Waals surface area contributed by atoms with Crippen LogP contribution in [0.5, 0.6) is 0 Å². The Balaban J connectivity index is 1.33. The average Bonchev–Trinajstić information content (AvgIpc) is 2.73. The van der Waals surface area contributed by atoms with Crippen molar-refractivity contribution in [2.24, 2.45) is 4.99 Å². The maximum atomic E-state index is 4.39. The molecule has 0 unspecified atom stereocenters. The van der Waals surface area contributed by atoms with Crippen LogP contribution in [0.1, 0.15) is 30.4 Å². The summed E-state index contributed by atoms with van der Waals surface area (Å²) < 4.78 is 0. The van der Waals surface area contributed by atoms with Gasteiger partial charge in [0.25, 0.3) is 0 Å². The van der Waals surface area contributed by atoms with Gasteiger partial charge in [-0.05, 0) is 36.8 Å². The number of likely N-dealkylation sites (tertiary alicyclic amines) is 1. The van der Waals surface area contributed by atoms with Gasteiger partial charge in [-0.2, -0.15) is 0 Å². The lowest BCUT2D eigenvalue weighted by molar-refractivity contribution is 0.198. The lowest BCUT2D eigenvalue weighted by Gasteiger charge is -2.33. The van der Waals surface area contributed by atoms with Crippen LogP contribution in [0.4, 0.5) is 0 Å². The Morgan fingerprint density at radius 2 is 1.59 bits per heavy atom. The Kier molecular flexibility index (Phi) is 7.72. The number of nitrogens with one attached hydrogen (secondary N) is 2. The van der Waals surface area contributed by atoms with Crippen LogP contribution in [0.25, 0.3) is 0 Å². The van der Waals surface area contributed by atoms with E-state index in [1.54, 1.807) is 0 Å². The zero-order valence-corrected chi connectivity index (χ0v) is 16.4. The van der Waals surface area contributed by atoms with E-state index in [9.17, 15) is 0 Å². The average molecular weight is 365 g/mol. The molecule has 144 valence electrons. The van der Waals surface area contributed by atoms with E-state index in [4.69, 9.17) is 0 Å². The summed E-state index contributed by atoms with van der Waals surface area (Å²) in [6.07, 6.45) is 4.54. The van der Waals surface area contributed by atoms with Crippen LogP contribution in [-0.2, 0) is 13.0 Å². The van der Waals surface area contributed by atoms with Crippen molar-refractivity contribution in [2.75, 3.05) is 26.7 Å². The zero-order valence-electron chi connectivity index (χ0n) is 16.4. The molecule has 2 aromatic carbocycles. The van der Waals surface area contributed by atoms with Crippen molar-refractivity contribution >= 4 is 5.96 Å². The minimum atomic E-state index is 0.511. The Morgan fingerprint density at radius 3 is 2.22 bits per heavy atom. The number of rotatable bonds is 7. The minimum Gasteiger partial charge on any atom is -0.356 e. The number of guanidine groups is 1. The number of nitrogens with zero attached hydrogens (tertiary/aromatic N) is 2. The molecule has 0 amide bonds. The molecule has 1 aliphatic rings. The maximum absolute atomic E-state index is 4.39. The fraction of sp³-hybridized carbons (Fsp3) is 0.435. The van der Waals surface area contributed by atoms with Crippen molar-refractivity contribution in [1.29, 1.82) is 0 Å². The smallest absolute Gasteiger partial charge is 0.191 e. The summed E-state index contributed by atoms with van der Waals surface area (Å²) in [4.78, 5) is 6.94. The molecule has 1 aliphatic heterocycles. The first-order valence-electron chi connectivity index (χ1n) is 10.1. The fourth-order valence-corrected chi connectivity index (χ4v) is 3.61. The molecule has 0 saturated carbocycles. The number of benzene rings is 2. The molecular weight excluding hydrogens is 332 g/mol. The molecule has 27 heavy (non-hydrogen) atoms. The highest BCUT2D eigenvalue weighted by Gasteiger charge is 2.19. The summed E-state index contributed by atoms with van der Waals surface area (Å²) in [6.45, 7) is 4.27. The number of aryl methyl sites for hydroxylation is 1. The first-order valence-corrected chi connectivity index (χ1v) is 10.1. The van der Waals surface area contributed by atoms with Crippen molar-refractivity contribution in [1.82, 2.24) is 15.5 Å². The van der Waals surface area contributed by atoms with Gasteiger partial charge in [0.15, 0.2) is 5.96 Å². The van der Waals surface area contributed by atoms with Gasteiger partial charge in [-0.15, -0.1) is 0 Å². The third-order valence-electron chi connectivity index (χ3n) is 5.18. The zero-order chi connectivity index (χ0) is 18.7. The van der Waals surface area contributed by atoms with Gasteiger partial charge in [0.2, 0.25) is 0 Å². The van der Waals surface area contributed by atoms with E-state index < -0.39 is 0 Å². The van der Waals surface area contributed by atoms with Gasteiger partial charge in [0.1, 0.15) is 0 Å². The molecule has 0 spiro atoms. The fourth-order valence-electron chi connectivity index (χ4n) is 3.61. The van der Waals surface area contributed by atoms with Crippen molar-refractivity contribution in [3.8, 4) is 0 Å². The second kappa shape index (κ2) is 10.7. The molecule has 1 heterocycles. The molecule has 1 saturated heterocycles. The Labute approximate surface area is 163 Å². The third kappa shape index (κ3) is 6.72. The van der Waals surface area contributed by atoms with Crippen LogP contribution in [0.2, 0.25) is 0 Å². The largest absolute Gasteiger partial charge is 0.356 e. The molecule has 0 atom stereocenters.